The van der Waals surface area contributed by atoms with E-state index in [0.717, 1.165) is 11.5 Å². The Kier molecular flexibility index (Phi) is 4.37. The highest BCUT2D eigenvalue weighted by Crippen LogP contribution is 2.34. The quantitative estimate of drug-likeness (QED) is 0.857. The predicted molar refractivity (Wildman–Crippen MR) is 76.9 cm³/mol. The van der Waals surface area contributed by atoms with Gasteiger partial charge in [0.2, 0.25) is 0 Å². The molecule has 0 aliphatic carbocycles. The molecule has 0 amide bonds. The Morgan fingerprint density at radius 1 is 1.33 bits per heavy atom. The number of rotatable bonds is 3. The first-order chi connectivity index (χ1) is 8.50. The van der Waals surface area contributed by atoms with Gasteiger partial charge >= 0.3 is 0 Å². The molecule has 0 aliphatic heterocycles. The highest BCUT2D eigenvalue weighted by atomic mass is 35.5. The zero-order valence-corrected chi connectivity index (χ0v) is 12.8. The third kappa shape index (κ3) is 2.74. The van der Waals surface area contributed by atoms with Crippen molar-refractivity contribution in [3.05, 3.63) is 28.2 Å². The molecule has 2 rings (SSSR count). The fraction of sp³-hybridized carbons (Fsp3) is 0.273. The van der Waals surface area contributed by atoms with Gasteiger partial charge in [0.25, 0.3) is 0 Å². The molecular formula is C11H10Cl2N2OS2. The fourth-order valence-corrected chi connectivity index (χ4v) is 4.05. The maximum absolute atomic E-state index is 12.2. The summed E-state index contributed by atoms with van der Waals surface area (Å²) >= 11 is 13.1. The average Bonchev–Trinajstić information content (AvgIpc) is 2.76. The summed E-state index contributed by atoms with van der Waals surface area (Å²) in [7, 11) is -1.13. The molecule has 7 heteroatoms. The monoisotopic (exact) mass is 320 g/mol. The van der Waals surface area contributed by atoms with Crippen molar-refractivity contribution in [1.82, 2.24) is 9.59 Å². The van der Waals surface area contributed by atoms with Crippen LogP contribution in [0.5, 0.6) is 0 Å². The lowest BCUT2D eigenvalue weighted by molar-refractivity contribution is 0.678. The van der Waals surface area contributed by atoms with E-state index in [1.54, 1.807) is 18.2 Å². The number of benzene rings is 1. The lowest BCUT2D eigenvalue weighted by atomic mass is 10.2. The zero-order chi connectivity index (χ0) is 13.3. The van der Waals surface area contributed by atoms with Gasteiger partial charge < -0.3 is 0 Å². The molecule has 0 bridgehead atoms. The largest absolute Gasteiger partial charge is 0.253 e. The van der Waals surface area contributed by atoms with E-state index in [1.807, 2.05) is 13.8 Å². The summed E-state index contributed by atoms with van der Waals surface area (Å²) in [4.78, 5) is 0. The van der Waals surface area contributed by atoms with Gasteiger partial charge in [-0.25, -0.2) is 0 Å². The minimum atomic E-state index is -1.13. The van der Waals surface area contributed by atoms with Crippen molar-refractivity contribution in [3.63, 3.8) is 0 Å². The molecule has 0 radical (unpaired) electrons. The lowest BCUT2D eigenvalue weighted by Crippen LogP contribution is -2.05. The number of hydrogen-bond acceptors (Lipinski definition) is 4. The first-order valence-electron chi connectivity index (χ1n) is 5.19. The molecular weight excluding hydrogens is 311 g/mol. The van der Waals surface area contributed by atoms with Crippen molar-refractivity contribution in [2.45, 2.75) is 23.3 Å². The molecule has 0 N–H and O–H groups in total. The fourth-order valence-electron chi connectivity index (χ4n) is 1.37. The molecule has 1 aromatic carbocycles. The zero-order valence-electron chi connectivity index (χ0n) is 9.68. The van der Waals surface area contributed by atoms with Gasteiger partial charge in [-0.05, 0) is 29.7 Å². The maximum atomic E-state index is 12.2. The van der Waals surface area contributed by atoms with Crippen molar-refractivity contribution in [2.24, 2.45) is 0 Å². The Balaban J connectivity index is 2.52. The minimum absolute atomic E-state index is 0.0112. The van der Waals surface area contributed by atoms with E-state index in [0.29, 0.717) is 25.5 Å². The van der Waals surface area contributed by atoms with E-state index in [2.05, 4.69) is 9.59 Å². The highest BCUT2D eigenvalue weighted by molar-refractivity contribution is 7.87. The summed E-state index contributed by atoms with van der Waals surface area (Å²) in [5, 5.41) is 5.08. The molecule has 1 unspecified atom stereocenters. The SMILES string of the molecule is CC(C)S(=O)c1snnc1-c1ccc(Cl)cc1Cl. The Morgan fingerprint density at radius 3 is 2.67 bits per heavy atom. The summed E-state index contributed by atoms with van der Waals surface area (Å²) < 4.78 is 16.7. The normalized spacial score (nSPS) is 12.9. The molecule has 1 heterocycles. The van der Waals surface area contributed by atoms with Crippen molar-refractivity contribution in [1.29, 1.82) is 0 Å². The molecule has 2 aromatic rings. The molecule has 0 fully saturated rings. The maximum Gasteiger partial charge on any atom is 0.140 e. The molecule has 1 aromatic heterocycles. The number of aromatic nitrogens is 2. The highest BCUT2D eigenvalue weighted by Gasteiger charge is 2.20. The molecule has 1 atom stereocenters. The van der Waals surface area contributed by atoms with Gasteiger partial charge in [-0.3, -0.25) is 4.21 Å². The van der Waals surface area contributed by atoms with Crippen LogP contribution < -0.4 is 0 Å². The van der Waals surface area contributed by atoms with Crippen LogP contribution in [0, 0.1) is 0 Å². The standard InChI is InChI=1S/C11H10Cl2N2OS2/c1-6(2)18(16)11-10(14-15-17-11)8-4-3-7(12)5-9(8)13/h3-6H,1-2H3. The predicted octanol–water partition coefficient (Wildman–Crippen LogP) is 4.03. The lowest BCUT2D eigenvalue weighted by Gasteiger charge is -2.06. The second kappa shape index (κ2) is 5.65. The van der Waals surface area contributed by atoms with Crippen LogP contribution in [0.4, 0.5) is 0 Å². The van der Waals surface area contributed by atoms with E-state index in [-0.39, 0.29) is 5.25 Å². The third-order valence-electron chi connectivity index (χ3n) is 2.26. The van der Waals surface area contributed by atoms with Crippen LogP contribution in [0.3, 0.4) is 0 Å². The smallest absolute Gasteiger partial charge is 0.140 e. The Hall–Kier alpha value is -0.490. The second-order valence-electron chi connectivity index (χ2n) is 3.88. The molecule has 0 saturated heterocycles. The molecule has 0 saturated carbocycles. The van der Waals surface area contributed by atoms with Gasteiger partial charge in [0.15, 0.2) is 0 Å². The van der Waals surface area contributed by atoms with Crippen LogP contribution in [-0.2, 0) is 10.8 Å². The number of nitrogens with zero attached hydrogens (tertiary/aromatic N) is 2. The van der Waals surface area contributed by atoms with E-state index in [4.69, 9.17) is 23.2 Å². The van der Waals surface area contributed by atoms with Crippen molar-refractivity contribution in [3.8, 4) is 11.3 Å². The summed E-state index contributed by atoms with van der Waals surface area (Å²) in [6.45, 7) is 3.78. The van der Waals surface area contributed by atoms with Gasteiger partial charge in [-0.1, -0.05) is 41.5 Å². The first-order valence-corrected chi connectivity index (χ1v) is 7.93. The number of halogens is 2. The summed E-state index contributed by atoms with van der Waals surface area (Å²) in [6.07, 6.45) is 0. The number of hydrogen-bond donors (Lipinski definition) is 0. The van der Waals surface area contributed by atoms with E-state index >= 15 is 0 Å². The average molecular weight is 321 g/mol. The Labute approximate surface area is 122 Å². The van der Waals surface area contributed by atoms with Crippen LogP contribution in [0.1, 0.15) is 13.8 Å². The van der Waals surface area contributed by atoms with Gasteiger partial charge in [0, 0.05) is 15.8 Å². The Bertz CT molecular complexity index is 598. The van der Waals surface area contributed by atoms with Crippen LogP contribution in [0.2, 0.25) is 10.0 Å². The molecule has 0 aliphatic rings. The minimum Gasteiger partial charge on any atom is -0.253 e. The van der Waals surface area contributed by atoms with Gasteiger partial charge in [-0.15, -0.1) is 5.10 Å². The molecule has 96 valence electrons. The van der Waals surface area contributed by atoms with Crippen molar-refractivity contribution < 1.29 is 4.21 Å². The van der Waals surface area contributed by atoms with E-state index in [1.165, 1.54) is 0 Å². The van der Waals surface area contributed by atoms with Crippen LogP contribution in [-0.4, -0.2) is 19.0 Å². The van der Waals surface area contributed by atoms with Crippen molar-refractivity contribution >= 4 is 45.5 Å². The summed E-state index contributed by atoms with van der Waals surface area (Å²) in [5.74, 6) is 0. The van der Waals surface area contributed by atoms with Crippen LogP contribution in [0.15, 0.2) is 22.4 Å². The van der Waals surface area contributed by atoms with Crippen LogP contribution >= 0.6 is 34.7 Å². The van der Waals surface area contributed by atoms with Crippen molar-refractivity contribution in [2.75, 3.05) is 0 Å². The summed E-state index contributed by atoms with van der Waals surface area (Å²) in [6, 6.07) is 5.13. The third-order valence-corrected chi connectivity index (χ3v) is 5.46. The molecule has 18 heavy (non-hydrogen) atoms. The van der Waals surface area contributed by atoms with E-state index < -0.39 is 10.8 Å². The topological polar surface area (TPSA) is 42.9 Å². The van der Waals surface area contributed by atoms with E-state index in [9.17, 15) is 4.21 Å². The van der Waals surface area contributed by atoms with Crippen LogP contribution in [0.25, 0.3) is 11.3 Å². The van der Waals surface area contributed by atoms with Gasteiger partial charge in [0.1, 0.15) is 9.90 Å². The molecule has 0 spiro atoms. The van der Waals surface area contributed by atoms with Gasteiger partial charge in [-0.2, -0.15) is 0 Å². The first kappa shape index (κ1) is 13.9. The van der Waals surface area contributed by atoms with Gasteiger partial charge in [0.05, 0.1) is 15.8 Å². The molecule has 3 nitrogen and oxygen atoms in total. The second-order valence-corrected chi connectivity index (χ2v) is 7.68. The Morgan fingerprint density at radius 2 is 2.06 bits per heavy atom. The summed E-state index contributed by atoms with van der Waals surface area (Å²) in [5.41, 5.74) is 1.28.